The molecule has 0 radical (unpaired) electrons. The second kappa shape index (κ2) is 5.36. The predicted molar refractivity (Wildman–Crippen MR) is 67.2 cm³/mol. The van der Waals surface area contributed by atoms with E-state index in [-0.39, 0.29) is 11.9 Å². The molecule has 2 rings (SSSR count). The predicted octanol–water partition coefficient (Wildman–Crippen LogP) is 2.02. The van der Waals surface area contributed by atoms with Gasteiger partial charge in [0.1, 0.15) is 17.7 Å². The Hall–Kier alpha value is -1.29. The molecular formula is C13H19FN2O. The molecule has 1 fully saturated rings. The van der Waals surface area contributed by atoms with E-state index < -0.39 is 0 Å². The third kappa shape index (κ3) is 3.09. The molecule has 94 valence electrons. The molecule has 1 aliphatic rings. The molecule has 1 saturated heterocycles. The van der Waals surface area contributed by atoms with Gasteiger partial charge in [0, 0.05) is 26.7 Å². The molecule has 17 heavy (non-hydrogen) atoms. The van der Waals surface area contributed by atoms with E-state index in [1.807, 2.05) is 19.0 Å². The summed E-state index contributed by atoms with van der Waals surface area (Å²) in [7, 11) is 3.86. The minimum Gasteiger partial charge on any atom is -0.487 e. The molecule has 1 aliphatic heterocycles. The molecule has 0 aliphatic carbocycles. The zero-order valence-electron chi connectivity index (χ0n) is 10.4. The largest absolute Gasteiger partial charge is 0.487 e. The molecule has 1 heterocycles. The van der Waals surface area contributed by atoms with E-state index in [1.54, 1.807) is 6.07 Å². The van der Waals surface area contributed by atoms with Gasteiger partial charge in [-0.15, -0.1) is 0 Å². The van der Waals surface area contributed by atoms with Crippen LogP contribution in [-0.2, 0) is 0 Å². The first kappa shape index (κ1) is 12.2. The van der Waals surface area contributed by atoms with Gasteiger partial charge in [-0.05, 0) is 31.5 Å². The fourth-order valence-electron chi connectivity index (χ4n) is 2.05. The van der Waals surface area contributed by atoms with E-state index in [9.17, 15) is 4.39 Å². The average molecular weight is 238 g/mol. The molecule has 0 amide bonds. The van der Waals surface area contributed by atoms with Gasteiger partial charge in [0.15, 0.2) is 0 Å². The van der Waals surface area contributed by atoms with Crippen molar-refractivity contribution < 1.29 is 9.13 Å². The average Bonchev–Trinajstić information content (AvgIpc) is 2.30. The Labute approximate surface area is 102 Å². The number of hydrogen-bond acceptors (Lipinski definition) is 3. The number of anilines is 1. The fourth-order valence-corrected chi connectivity index (χ4v) is 2.05. The third-order valence-corrected chi connectivity index (χ3v) is 2.95. The Bertz CT molecular complexity index is 376. The number of ether oxygens (including phenoxy) is 1. The van der Waals surface area contributed by atoms with Crippen LogP contribution in [0, 0.1) is 5.82 Å². The molecule has 1 unspecified atom stereocenters. The zero-order chi connectivity index (χ0) is 12.3. The number of hydrogen-bond donors (Lipinski definition) is 1. The van der Waals surface area contributed by atoms with Crippen LogP contribution < -0.4 is 15.0 Å². The highest BCUT2D eigenvalue weighted by Gasteiger charge is 2.17. The number of piperidine rings is 1. The van der Waals surface area contributed by atoms with E-state index in [0.717, 1.165) is 31.6 Å². The molecule has 1 aromatic carbocycles. The van der Waals surface area contributed by atoms with Gasteiger partial charge >= 0.3 is 0 Å². The monoisotopic (exact) mass is 238 g/mol. The first-order valence-corrected chi connectivity index (χ1v) is 6.01. The Balaban J connectivity index is 2.14. The van der Waals surface area contributed by atoms with E-state index in [4.69, 9.17) is 4.74 Å². The van der Waals surface area contributed by atoms with E-state index in [0.29, 0.717) is 5.75 Å². The van der Waals surface area contributed by atoms with Gasteiger partial charge < -0.3 is 15.0 Å². The summed E-state index contributed by atoms with van der Waals surface area (Å²) < 4.78 is 19.1. The standard InChI is InChI=1S/C13H19FN2O/c1-16(2)12-6-5-10(14)8-13(12)17-11-4-3-7-15-9-11/h5-6,8,11,15H,3-4,7,9H2,1-2H3. The van der Waals surface area contributed by atoms with Crippen LogP contribution in [0.1, 0.15) is 12.8 Å². The van der Waals surface area contributed by atoms with Crippen LogP contribution in [0.5, 0.6) is 5.75 Å². The summed E-state index contributed by atoms with van der Waals surface area (Å²) in [5.74, 6) is 0.373. The van der Waals surface area contributed by atoms with Gasteiger partial charge in [-0.2, -0.15) is 0 Å². The van der Waals surface area contributed by atoms with Crippen molar-refractivity contribution in [3.8, 4) is 5.75 Å². The highest BCUT2D eigenvalue weighted by atomic mass is 19.1. The minimum atomic E-state index is -0.255. The lowest BCUT2D eigenvalue weighted by Gasteiger charge is -2.26. The van der Waals surface area contributed by atoms with Gasteiger partial charge in [-0.1, -0.05) is 0 Å². The Morgan fingerprint density at radius 1 is 1.41 bits per heavy atom. The van der Waals surface area contributed by atoms with Crippen molar-refractivity contribution in [2.75, 3.05) is 32.1 Å². The third-order valence-electron chi connectivity index (χ3n) is 2.95. The zero-order valence-corrected chi connectivity index (χ0v) is 10.4. The van der Waals surface area contributed by atoms with Crippen molar-refractivity contribution in [3.05, 3.63) is 24.0 Å². The summed E-state index contributed by atoms with van der Waals surface area (Å²) in [6, 6.07) is 4.67. The molecule has 0 spiro atoms. The first-order chi connectivity index (χ1) is 8.16. The molecule has 1 aromatic rings. The smallest absolute Gasteiger partial charge is 0.145 e. The second-order valence-corrected chi connectivity index (χ2v) is 4.59. The molecule has 0 bridgehead atoms. The lowest BCUT2D eigenvalue weighted by atomic mass is 10.1. The molecule has 3 nitrogen and oxygen atoms in total. The maximum absolute atomic E-state index is 13.3. The first-order valence-electron chi connectivity index (χ1n) is 6.01. The van der Waals surface area contributed by atoms with Crippen LogP contribution in [0.25, 0.3) is 0 Å². The maximum atomic E-state index is 13.3. The topological polar surface area (TPSA) is 24.5 Å². The number of halogens is 1. The van der Waals surface area contributed by atoms with Crippen molar-refractivity contribution in [3.63, 3.8) is 0 Å². The van der Waals surface area contributed by atoms with Crippen LogP contribution in [0.15, 0.2) is 18.2 Å². The van der Waals surface area contributed by atoms with E-state index >= 15 is 0 Å². The Morgan fingerprint density at radius 3 is 2.88 bits per heavy atom. The van der Waals surface area contributed by atoms with Gasteiger partial charge in [-0.3, -0.25) is 0 Å². The lowest BCUT2D eigenvalue weighted by molar-refractivity contribution is 0.167. The van der Waals surface area contributed by atoms with Gasteiger partial charge in [0.2, 0.25) is 0 Å². The normalized spacial score (nSPS) is 20.1. The maximum Gasteiger partial charge on any atom is 0.145 e. The number of rotatable bonds is 3. The van der Waals surface area contributed by atoms with Crippen molar-refractivity contribution in [2.24, 2.45) is 0 Å². The second-order valence-electron chi connectivity index (χ2n) is 4.59. The minimum absolute atomic E-state index is 0.143. The van der Waals surface area contributed by atoms with Crippen LogP contribution >= 0.6 is 0 Å². The summed E-state index contributed by atoms with van der Waals surface area (Å²) >= 11 is 0. The van der Waals surface area contributed by atoms with Crippen LogP contribution in [0.2, 0.25) is 0 Å². The molecule has 0 saturated carbocycles. The van der Waals surface area contributed by atoms with Crippen molar-refractivity contribution in [1.29, 1.82) is 0 Å². The molecule has 0 aromatic heterocycles. The van der Waals surface area contributed by atoms with Crippen LogP contribution in [0.4, 0.5) is 10.1 Å². The Kier molecular flexibility index (Phi) is 3.84. The van der Waals surface area contributed by atoms with Crippen molar-refractivity contribution in [1.82, 2.24) is 5.32 Å². The summed E-state index contributed by atoms with van der Waals surface area (Å²) in [4.78, 5) is 1.94. The molecule has 4 heteroatoms. The van der Waals surface area contributed by atoms with E-state index in [2.05, 4.69) is 5.32 Å². The summed E-state index contributed by atoms with van der Waals surface area (Å²) in [5.41, 5.74) is 0.914. The number of benzene rings is 1. The molecule has 1 N–H and O–H groups in total. The number of nitrogens with one attached hydrogen (secondary N) is 1. The summed E-state index contributed by atoms with van der Waals surface area (Å²) in [5, 5.41) is 3.29. The van der Waals surface area contributed by atoms with Crippen LogP contribution in [-0.4, -0.2) is 33.3 Å². The SMILES string of the molecule is CN(C)c1ccc(F)cc1OC1CCCNC1. The van der Waals surface area contributed by atoms with Gasteiger partial charge in [0.05, 0.1) is 5.69 Å². The quantitative estimate of drug-likeness (QED) is 0.872. The highest BCUT2D eigenvalue weighted by molar-refractivity contribution is 5.57. The molecule has 1 atom stereocenters. The van der Waals surface area contributed by atoms with E-state index in [1.165, 1.54) is 12.1 Å². The van der Waals surface area contributed by atoms with Gasteiger partial charge in [0.25, 0.3) is 0 Å². The Morgan fingerprint density at radius 2 is 2.24 bits per heavy atom. The number of nitrogens with zero attached hydrogens (tertiary/aromatic N) is 1. The lowest BCUT2D eigenvalue weighted by Crippen LogP contribution is -2.37. The molecular weight excluding hydrogens is 219 g/mol. The summed E-state index contributed by atoms with van der Waals surface area (Å²) in [6.45, 7) is 1.88. The van der Waals surface area contributed by atoms with Crippen molar-refractivity contribution in [2.45, 2.75) is 18.9 Å². The summed E-state index contributed by atoms with van der Waals surface area (Å²) in [6.07, 6.45) is 2.28. The van der Waals surface area contributed by atoms with Crippen LogP contribution in [0.3, 0.4) is 0 Å². The fraction of sp³-hybridized carbons (Fsp3) is 0.538. The highest BCUT2D eigenvalue weighted by Crippen LogP contribution is 2.29. The van der Waals surface area contributed by atoms with Crippen molar-refractivity contribution >= 4 is 5.69 Å². The van der Waals surface area contributed by atoms with Gasteiger partial charge in [-0.25, -0.2) is 4.39 Å².